The van der Waals surface area contributed by atoms with E-state index in [2.05, 4.69) is 58.8 Å². The number of piperazine rings is 1. The largest absolute Gasteiger partial charge is 0.314 e. The first kappa shape index (κ1) is 13.3. The highest BCUT2D eigenvalue weighted by atomic mass is 15.3. The number of benzene rings is 1. The van der Waals surface area contributed by atoms with E-state index in [1.807, 2.05) is 10.9 Å². The van der Waals surface area contributed by atoms with E-state index < -0.39 is 0 Å². The van der Waals surface area contributed by atoms with Crippen LogP contribution >= 0.6 is 0 Å². The second-order valence-corrected chi connectivity index (χ2v) is 5.31. The monoisotopic (exact) mass is 270 g/mol. The van der Waals surface area contributed by atoms with E-state index in [1.165, 1.54) is 11.1 Å². The number of hydrogen-bond donors (Lipinski definition) is 1. The van der Waals surface area contributed by atoms with Crippen molar-refractivity contribution in [3.63, 3.8) is 0 Å². The molecule has 1 atom stereocenters. The van der Waals surface area contributed by atoms with Crippen LogP contribution in [-0.2, 0) is 13.1 Å². The highest BCUT2D eigenvalue weighted by molar-refractivity contribution is 5.20. The van der Waals surface area contributed by atoms with Crippen LogP contribution in [0.5, 0.6) is 0 Å². The Kier molecular flexibility index (Phi) is 4.14. The fourth-order valence-electron chi connectivity index (χ4n) is 2.83. The Morgan fingerprint density at radius 1 is 1.30 bits per heavy atom. The summed E-state index contributed by atoms with van der Waals surface area (Å²) < 4.78 is 2.00. The minimum Gasteiger partial charge on any atom is -0.314 e. The van der Waals surface area contributed by atoms with Gasteiger partial charge in [-0.2, -0.15) is 5.10 Å². The zero-order valence-electron chi connectivity index (χ0n) is 12.0. The number of nitrogens with one attached hydrogen (secondary N) is 1. The van der Waals surface area contributed by atoms with Gasteiger partial charge in [-0.15, -0.1) is 0 Å². The number of rotatable bonds is 4. The smallest absolute Gasteiger partial charge is 0.0534 e. The summed E-state index contributed by atoms with van der Waals surface area (Å²) in [5, 5.41) is 7.88. The van der Waals surface area contributed by atoms with E-state index in [9.17, 15) is 0 Å². The van der Waals surface area contributed by atoms with E-state index >= 15 is 0 Å². The Bertz CT molecular complexity index is 534. The Labute approximate surface area is 120 Å². The minimum atomic E-state index is 0.454. The SMILES string of the molecule is CCn1cc(CN2CCNC[C@H]2c2ccccc2)cn1. The number of aromatic nitrogens is 2. The van der Waals surface area contributed by atoms with Crippen LogP contribution < -0.4 is 5.32 Å². The maximum atomic E-state index is 4.37. The van der Waals surface area contributed by atoms with Crippen LogP contribution in [0.1, 0.15) is 24.1 Å². The lowest BCUT2D eigenvalue weighted by atomic mass is 10.0. The lowest BCUT2D eigenvalue weighted by molar-refractivity contribution is 0.153. The average Bonchev–Trinajstić information content (AvgIpc) is 2.96. The summed E-state index contributed by atoms with van der Waals surface area (Å²) in [4.78, 5) is 2.54. The van der Waals surface area contributed by atoms with Crippen LogP contribution in [-0.4, -0.2) is 34.3 Å². The van der Waals surface area contributed by atoms with Gasteiger partial charge in [0.05, 0.1) is 6.20 Å². The molecular formula is C16H22N4. The van der Waals surface area contributed by atoms with Crippen LogP contribution in [0.2, 0.25) is 0 Å². The second kappa shape index (κ2) is 6.20. The summed E-state index contributed by atoms with van der Waals surface area (Å²) in [6.07, 6.45) is 4.15. The summed E-state index contributed by atoms with van der Waals surface area (Å²) in [5.41, 5.74) is 2.69. The quantitative estimate of drug-likeness (QED) is 0.923. The molecule has 4 nitrogen and oxygen atoms in total. The van der Waals surface area contributed by atoms with Gasteiger partial charge in [-0.25, -0.2) is 0 Å². The Hall–Kier alpha value is -1.65. The van der Waals surface area contributed by atoms with Crippen LogP contribution in [0.15, 0.2) is 42.7 Å². The fourth-order valence-corrected chi connectivity index (χ4v) is 2.83. The van der Waals surface area contributed by atoms with Crippen molar-refractivity contribution in [2.75, 3.05) is 19.6 Å². The van der Waals surface area contributed by atoms with Crippen molar-refractivity contribution in [2.45, 2.75) is 26.1 Å². The maximum absolute atomic E-state index is 4.37. The summed E-state index contributed by atoms with van der Waals surface area (Å²) in [6.45, 7) is 7.19. The Morgan fingerprint density at radius 2 is 2.15 bits per heavy atom. The van der Waals surface area contributed by atoms with Crippen molar-refractivity contribution in [2.24, 2.45) is 0 Å². The van der Waals surface area contributed by atoms with Gasteiger partial charge < -0.3 is 5.32 Å². The molecule has 0 spiro atoms. The van der Waals surface area contributed by atoms with Crippen molar-refractivity contribution in [1.29, 1.82) is 0 Å². The average molecular weight is 270 g/mol. The molecule has 0 bridgehead atoms. The van der Waals surface area contributed by atoms with Crippen LogP contribution in [0.25, 0.3) is 0 Å². The fraction of sp³-hybridized carbons (Fsp3) is 0.438. The molecule has 1 N–H and O–H groups in total. The first-order valence-electron chi connectivity index (χ1n) is 7.38. The molecule has 3 rings (SSSR count). The van der Waals surface area contributed by atoms with Crippen molar-refractivity contribution in [1.82, 2.24) is 20.0 Å². The molecule has 1 aliphatic heterocycles. The first-order valence-corrected chi connectivity index (χ1v) is 7.38. The molecule has 1 aromatic carbocycles. The van der Waals surface area contributed by atoms with Crippen LogP contribution in [0, 0.1) is 0 Å². The number of nitrogens with zero attached hydrogens (tertiary/aromatic N) is 3. The Balaban J connectivity index is 1.75. The molecular weight excluding hydrogens is 248 g/mol. The van der Waals surface area contributed by atoms with E-state index in [-0.39, 0.29) is 0 Å². The van der Waals surface area contributed by atoms with Crippen molar-refractivity contribution < 1.29 is 0 Å². The molecule has 0 amide bonds. The molecule has 2 aromatic rings. The van der Waals surface area contributed by atoms with Crippen LogP contribution in [0.3, 0.4) is 0 Å². The molecule has 20 heavy (non-hydrogen) atoms. The van der Waals surface area contributed by atoms with Gasteiger partial charge in [-0.3, -0.25) is 9.58 Å². The highest BCUT2D eigenvalue weighted by Gasteiger charge is 2.23. The van der Waals surface area contributed by atoms with Gasteiger partial charge in [-0.05, 0) is 12.5 Å². The van der Waals surface area contributed by atoms with Gasteiger partial charge in [0.15, 0.2) is 0 Å². The predicted octanol–water partition coefficient (Wildman–Crippen LogP) is 2.05. The number of aryl methyl sites for hydroxylation is 1. The third-order valence-corrected chi connectivity index (χ3v) is 3.93. The summed E-state index contributed by atoms with van der Waals surface area (Å²) in [5.74, 6) is 0. The first-order chi connectivity index (χ1) is 9.86. The van der Waals surface area contributed by atoms with E-state index in [4.69, 9.17) is 0 Å². The molecule has 0 saturated carbocycles. The standard InChI is InChI=1S/C16H22N4/c1-2-20-13-14(10-18-20)12-19-9-8-17-11-16(19)15-6-4-3-5-7-15/h3-7,10,13,16-17H,2,8-9,11-12H2,1H3/t16-/m0/s1. The Morgan fingerprint density at radius 3 is 2.90 bits per heavy atom. The molecule has 0 aliphatic carbocycles. The van der Waals surface area contributed by atoms with Crippen molar-refractivity contribution >= 4 is 0 Å². The van der Waals surface area contributed by atoms with Gasteiger partial charge in [0.2, 0.25) is 0 Å². The van der Waals surface area contributed by atoms with Gasteiger partial charge in [0.1, 0.15) is 0 Å². The van der Waals surface area contributed by atoms with Crippen LogP contribution in [0.4, 0.5) is 0 Å². The van der Waals surface area contributed by atoms with Gasteiger partial charge in [0.25, 0.3) is 0 Å². The van der Waals surface area contributed by atoms with Gasteiger partial charge in [0, 0.05) is 50.5 Å². The molecule has 106 valence electrons. The normalized spacial score (nSPS) is 20.1. The lowest BCUT2D eigenvalue weighted by Crippen LogP contribution is -2.45. The molecule has 1 saturated heterocycles. The van der Waals surface area contributed by atoms with E-state index in [0.29, 0.717) is 6.04 Å². The minimum absolute atomic E-state index is 0.454. The predicted molar refractivity (Wildman–Crippen MR) is 80.4 cm³/mol. The summed E-state index contributed by atoms with van der Waals surface area (Å²) >= 11 is 0. The molecule has 1 aromatic heterocycles. The zero-order valence-corrected chi connectivity index (χ0v) is 12.0. The molecule has 1 fully saturated rings. The topological polar surface area (TPSA) is 33.1 Å². The lowest BCUT2D eigenvalue weighted by Gasteiger charge is -2.36. The van der Waals surface area contributed by atoms with Gasteiger partial charge >= 0.3 is 0 Å². The summed E-state index contributed by atoms with van der Waals surface area (Å²) in [7, 11) is 0. The number of hydrogen-bond acceptors (Lipinski definition) is 3. The van der Waals surface area contributed by atoms with Crippen molar-refractivity contribution in [3.8, 4) is 0 Å². The third-order valence-electron chi connectivity index (χ3n) is 3.93. The maximum Gasteiger partial charge on any atom is 0.0534 e. The summed E-state index contributed by atoms with van der Waals surface area (Å²) in [6, 6.07) is 11.2. The molecule has 0 unspecified atom stereocenters. The van der Waals surface area contributed by atoms with Gasteiger partial charge in [-0.1, -0.05) is 30.3 Å². The molecule has 2 heterocycles. The van der Waals surface area contributed by atoms with E-state index in [0.717, 1.165) is 32.7 Å². The zero-order chi connectivity index (χ0) is 13.8. The molecule has 4 heteroatoms. The van der Waals surface area contributed by atoms with E-state index in [1.54, 1.807) is 0 Å². The second-order valence-electron chi connectivity index (χ2n) is 5.31. The highest BCUT2D eigenvalue weighted by Crippen LogP contribution is 2.23. The molecule has 0 radical (unpaired) electrons. The molecule has 1 aliphatic rings. The van der Waals surface area contributed by atoms with Crippen molar-refractivity contribution in [3.05, 3.63) is 53.9 Å². The third kappa shape index (κ3) is 2.92.